The van der Waals surface area contributed by atoms with Crippen LogP contribution in [0, 0.1) is 5.82 Å². The van der Waals surface area contributed by atoms with Crippen LogP contribution in [0.25, 0.3) is 22.2 Å². The summed E-state index contributed by atoms with van der Waals surface area (Å²) >= 11 is 0. The van der Waals surface area contributed by atoms with Crippen LogP contribution in [0.15, 0.2) is 40.9 Å². The molecule has 3 aromatic rings. The molecule has 2 aromatic carbocycles. The first kappa shape index (κ1) is 22.1. The van der Waals surface area contributed by atoms with Gasteiger partial charge >= 0.3 is 0 Å². The fourth-order valence-electron chi connectivity index (χ4n) is 3.57. The number of hydrogen-bond acceptors (Lipinski definition) is 6. The van der Waals surface area contributed by atoms with Crippen molar-refractivity contribution < 1.29 is 23.9 Å². The second-order valence-corrected chi connectivity index (χ2v) is 7.27. The minimum atomic E-state index is -0.386. The van der Waals surface area contributed by atoms with E-state index in [2.05, 4.69) is 10.1 Å². The molecule has 1 aliphatic heterocycles. The molecule has 0 radical (unpaired) electrons. The van der Waals surface area contributed by atoms with E-state index in [1.165, 1.54) is 44.5 Å². The zero-order chi connectivity index (χ0) is 21.3. The first-order chi connectivity index (χ1) is 14.6. The molecule has 0 aliphatic carbocycles. The Morgan fingerprint density at radius 2 is 1.90 bits per heavy atom. The summed E-state index contributed by atoms with van der Waals surface area (Å²) in [6.07, 6.45) is 4.88. The number of piperidine rings is 1. The number of nitrogens with zero attached hydrogens (tertiary/aromatic N) is 2. The van der Waals surface area contributed by atoms with Crippen LogP contribution in [0.5, 0.6) is 11.5 Å². The molecule has 1 fully saturated rings. The summed E-state index contributed by atoms with van der Waals surface area (Å²) < 4.78 is 24.2. The van der Waals surface area contributed by atoms with Crippen molar-refractivity contribution in [2.75, 3.05) is 32.8 Å². The van der Waals surface area contributed by atoms with E-state index in [0.717, 1.165) is 13.0 Å². The van der Waals surface area contributed by atoms with E-state index in [9.17, 15) is 9.50 Å². The Balaban J connectivity index is 0.000000806. The van der Waals surface area contributed by atoms with Crippen LogP contribution in [0.3, 0.4) is 0 Å². The number of aliphatic hydroxyl groups excluding tert-OH is 1. The predicted octanol–water partition coefficient (Wildman–Crippen LogP) is 4.59. The van der Waals surface area contributed by atoms with E-state index in [4.69, 9.17) is 14.4 Å². The second-order valence-electron chi connectivity index (χ2n) is 7.27. The number of aromatic nitrogens is 1. The van der Waals surface area contributed by atoms with Crippen LogP contribution >= 0.6 is 0 Å². The highest BCUT2D eigenvalue weighted by molar-refractivity contribution is 5.93. The number of ether oxygens (including phenoxy) is 1. The van der Waals surface area contributed by atoms with E-state index in [0.29, 0.717) is 34.6 Å². The molecule has 2 heterocycles. The third kappa shape index (κ3) is 5.70. The topological polar surface area (TPSA) is 79.0 Å². The van der Waals surface area contributed by atoms with Crippen molar-refractivity contribution in [3.05, 3.63) is 42.2 Å². The molecule has 6 nitrogen and oxygen atoms in total. The normalized spacial score (nSPS) is 14.4. The molecule has 0 atom stereocenters. The van der Waals surface area contributed by atoms with E-state index in [1.807, 2.05) is 0 Å². The molecule has 2 N–H and O–H groups in total. The Labute approximate surface area is 175 Å². The fraction of sp³-hybridized carbons (Fsp3) is 0.435. The molecule has 1 aliphatic rings. The molecular formula is C23H29FN2O4. The van der Waals surface area contributed by atoms with E-state index in [-0.39, 0.29) is 18.2 Å². The number of likely N-dealkylation sites (tertiary alicyclic amines) is 1. The Kier molecular flexibility index (Phi) is 8.04. The smallest absolute Gasteiger partial charge is 0.170 e. The van der Waals surface area contributed by atoms with Crippen molar-refractivity contribution in [3.8, 4) is 22.8 Å². The minimum absolute atomic E-state index is 0.0584. The van der Waals surface area contributed by atoms with Crippen LogP contribution in [-0.2, 0) is 0 Å². The quantitative estimate of drug-likeness (QED) is 0.572. The zero-order valence-electron chi connectivity index (χ0n) is 17.3. The van der Waals surface area contributed by atoms with E-state index < -0.39 is 0 Å². The molecule has 30 heavy (non-hydrogen) atoms. The van der Waals surface area contributed by atoms with Gasteiger partial charge in [0.2, 0.25) is 0 Å². The lowest BCUT2D eigenvalue weighted by Gasteiger charge is -2.26. The van der Waals surface area contributed by atoms with Gasteiger partial charge in [0.05, 0.1) is 12.0 Å². The van der Waals surface area contributed by atoms with Crippen LogP contribution in [0.2, 0.25) is 0 Å². The number of phenols is 1. The summed E-state index contributed by atoms with van der Waals surface area (Å²) in [5.41, 5.74) is 1.36. The first-order valence-electron chi connectivity index (χ1n) is 10.5. The Morgan fingerprint density at radius 1 is 1.13 bits per heavy atom. The van der Waals surface area contributed by atoms with Gasteiger partial charge in [0, 0.05) is 30.8 Å². The summed E-state index contributed by atoms with van der Waals surface area (Å²) in [5.74, 6) is 0.291. The van der Waals surface area contributed by atoms with Gasteiger partial charge in [-0.05, 0) is 63.5 Å². The van der Waals surface area contributed by atoms with Gasteiger partial charge < -0.3 is 24.4 Å². The molecule has 7 heteroatoms. The summed E-state index contributed by atoms with van der Waals surface area (Å²) in [6, 6.07) is 9.36. The third-order valence-corrected chi connectivity index (χ3v) is 4.99. The third-order valence-electron chi connectivity index (χ3n) is 4.99. The summed E-state index contributed by atoms with van der Waals surface area (Å²) in [6.45, 7) is 5.96. The molecule has 0 bridgehead atoms. The van der Waals surface area contributed by atoms with Crippen molar-refractivity contribution >= 4 is 11.0 Å². The second kappa shape index (κ2) is 10.9. The predicted molar refractivity (Wildman–Crippen MR) is 114 cm³/mol. The van der Waals surface area contributed by atoms with Crippen molar-refractivity contribution in [2.45, 2.75) is 32.6 Å². The SMILES string of the molecule is CCO.Oc1cc(OCCCN2CCCCC2)ccc1-c1noc2cc(F)ccc12. The monoisotopic (exact) mass is 416 g/mol. The molecule has 4 rings (SSSR count). The molecule has 0 saturated carbocycles. The van der Waals surface area contributed by atoms with Crippen LogP contribution in [-0.4, -0.2) is 53.1 Å². The maximum atomic E-state index is 13.3. The van der Waals surface area contributed by atoms with Crippen LogP contribution in [0.4, 0.5) is 4.39 Å². The maximum absolute atomic E-state index is 13.3. The number of benzene rings is 2. The first-order valence-corrected chi connectivity index (χ1v) is 10.5. The van der Waals surface area contributed by atoms with Gasteiger partial charge in [0.15, 0.2) is 5.58 Å². The number of phenolic OH excluding ortho intramolecular Hbond substituents is 1. The van der Waals surface area contributed by atoms with Crippen LogP contribution in [0.1, 0.15) is 32.6 Å². The van der Waals surface area contributed by atoms with E-state index in [1.54, 1.807) is 31.2 Å². The number of fused-ring (bicyclic) bond motifs is 1. The molecule has 162 valence electrons. The standard InChI is InChI=1S/C21H23FN2O3.C2H6O/c22-15-5-7-18-20(13-15)27-23-21(18)17-8-6-16(14-19(17)25)26-12-4-11-24-9-2-1-3-10-24;1-2-3/h5-8,13-14,25H,1-4,9-12H2;3H,2H2,1H3. The molecular weight excluding hydrogens is 387 g/mol. The summed E-state index contributed by atoms with van der Waals surface area (Å²) in [7, 11) is 0. The number of halogens is 1. The summed E-state index contributed by atoms with van der Waals surface area (Å²) in [5, 5.41) is 22.6. The largest absolute Gasteiger partial charge is 0.507 e. The lowest BCUT2D eigenvalue weighted by molar-refractivity contribution is 0.205. The average molecular weight is 416 g/mol. The number of rotatable bonds is 6. The van der Waals surface area contributed by atoms with Gasteiger partial charge in [0.1, 0.15) is 23.0 Å². The van der Waals surface area contributed by atoms with Crippen LogP contribution < -0.4 is 4.74 Å². The maximum Gasteiger partial charge on any atom is 0.170 e. The lowest BCUT2D eigenvalue weighted by atomic mass is 10.1. The van der Waals surface area contributed by atoms with Gasteiger partial charge in [0.25, 0.3) is 0 Å². The minimum Gasteiger partial charge on any atom is -0.507 e. The summed E-state index contributed by atoms with van der Waals surface area (Å²) in [4.78, 5) is 2.48. The Morgan fingerprint density at radius 3 is 2.63 bits per heavy atom. The van der Waals surface area contributed by atoms with Gasteiger partial charge in [-0.3, -0.25) is 0 Å². The van der Waals surface area contributed by atoms with Gasteiger partial charge in [-0.1, -0.05) is 11.6 Å². The van der Waals surface area contributed by atoms with E-state index >= 15 is 0 Å². The highest BCUT2D eigenvalue weighted by Crippen LogP contribution is 2.36. The van der Waals surface area contributed by atoms with Crippen molar-refractivity contribution in [2.24, 2.45) is 0 Å². The lowest BCUT2D eigenvalue weighted by Crippen LogP contribution is -2.31. The van der Waals surface area contributed by atoms with Gasteiger partial charge in [-0.2, -0.15) is 0 Å². The molecule has 1 saturated heterocycles. The van der Waals surface area contributed by atoms with Crippen molar-refractivity contribution in [1.29, 1.82) is 0 Å². The molecule has 1 aromatic heterocycles. The zero-order valence-corrected chi connectivity index (χ0v) is 17.3. The van der Waals surface area contributed by atoms with Gasteiger partial charge in [-0.15, -0.1) is 0 Å². The molecule has 0 amide bonds. The fourth-order valence-corrected chi connectivity index (χ4v) is 3.57. The van der Waals surface area contributed by atoms with Gasteiger partial charge in [-0.25, -0.2) is 4.39 Å². The average Bonchev–Trinajstić information content (AvgIpc) is 3.15. The molecule has 0 unspecified atom stereocenters. The Bertz CT molecular complexity index is 938. The Hall–Kier alpha value is -2.64. The number of hydrogen-bond donors (Lipinski definition) is 2. The number of aliphatic hydroxyl groups is 1. The highest BCUT2D eigenvalue weighted by Gasteiger charge is 2.15. The van der Waals surface area contributed by atoms with Crippen molar-refractivity contribution in [1.82, 2.24) is 10.1 Å². The highest BCUT2D eigenvalue weighted by atomic mass is 19.1. The number of aromatic hydroxyl groups is 1. The van der Waals surface area contributed by atoms with Crippen molar-refractivity contribution in [3.63, 3.8) is 0 Å². The molecule has 0 spiro atoms.